The monoisotopic (exact) mass is 237 g/mol. The number of halogens is 1. The van der Waals surface area contributed by atoms with Crippen molar-refractivity contribution in [3.05, 3.63) is 0 Å². The Morgan fingerprint density at radius 3 is 1.08 bits per heavy atom. The Labute approximate surface area is 88.5 Å². The van der Waals surface area contributed by atoms with Crippen LogP contribution in [-0.2, 0) is 0 Å². The van der Waals surface area contributed by atoms with Gasteiger partial charge < -0.3 is 21.5 Å². The number of quaternary nitrogens is 1. The summed E-state index contributed by atoms with van der Waals surface area (Å²) in [6, 6.07) is 1.51. The molecule has 0 saturated heterocycles. The molecule has 0 aliphatic rings. The first-order chi connectivity index (χ1) is 5.01. The largest absolute Gasteiger partial charge is 1.00 e. The van der Waals surface area contributed by atoms with Gasteiger partial charge in [-0.25, -0.2) is 0 Å². The third-order valence-electron chi connectivity index (χ3n) is 3.23. The van der Waals surface area contributed by atoms with Crippen molar-refractivity contribution >= 4 is 0 Å². The first-order valence-electron chi connectivity index (χ1n) is 4.87. The smallest absolute Gasteiger partial charge is 0.0835 e. The second-order valence-electron chi connectivity index (χ2n) is 3.92. The standard InChI is InChI=1S/C10H24N.BrH/c1-7-11(8-2,9(3)4)10(5)6;/h9-10H,7-8H2,1-6H3;1H/q+1;/p-1. The maximum atomic E-state index is 2.33. The summed E-state index contributed by atoms with van der Waals surface area (Å²) in [6.07, 6.45) is 0. The van der Waals surface area contributed by atoms with Gasteiger partial charge in [-0.05, 0) is 41.5 Å². The van der Waals surface area contributed by atoms with Gasteiger partial charge in [0.05, 0.1) is 25.2 Å². The van der Waals surface area contributed by atoms with Gasteiger partial charge in [0, 0.05) is 0 Å². The Morgan fingerprint density at radius 2 is 1.08 bits per heavy atom. The van der Waals surface area contributed by atoms with Crippen LogP contribution < -0.4 is 17.0 Å². The van der Waals surface area contributed by atoms with Crippen molar-refractivity contribution in [2.45, 2.75) is 53.6 Å². The topological polar surface area (TPSA) is 0 Å². The SMILES string of the molecule is CC[N+](CC)(C(C)C)C(C)C.[Br-]. The molecule has 0 radical (unpaired) electrons. The fourth-order valence-electron chi connectivity index (χ4n) is 2.28. The molecule has 0 atom stereocenters. The highest BCUT2D eigenvalue weighted by atomic mass is 79.9. The molecule has 0 bridgehead atoms. The van der Waals surface area contributed by atoms with E-state index in [-0.39, 0.29) is 17.0 Å². The van der Waals surface area contributed by atoms with Crippen LogP contribution in [0.25, 0.3) is 0 Å². The Kier molecular flexibility index (Phi) is 7.44. The summed E-state index contributed by atoms with van der Waals surface area (Å²) < 4.78 is 1.25. The van der Waals surface area contributed by atoms with Crippen LogP contribution in [-0.4, -0.2) is 29.7 Å². The van der Waals surface area contributed by atoms with Gasteiger partial charge in [0.1, 0.15) is 0 Å². The molecule has 0 aliphatic carbocycles. The van der Waals surface area contributed by atoms with Gasteiger partial charge in [0.25, 0.3) is 0 Å². The van der Waals surface area contributed by atoms with E-state index in [9.17, 15) is 0 Å². The minimum atomic E-state index is 0. The lowest BCUT2D eigenvalue weighted by molar-refractivity contribution is -0.963. The molecule has 0 aliphatic heterocycles. The Bertz CT molecular complexity index is 96.4. The van der Waals surface area contributed by atoms with Crippen LogP contribution in [0.1, 0.15) is 41.5 Å². The van der Waals surface area contributed by atoms with Gasteiger partial charge in [-0.2, -0.15) is 0 Å². The summed E-state index contributed by atoms with van der Waals surface area (Å²) >= 11 is 0. The summed E-state index contributed by atoms with van der Waals surface area (Å²) in [7, 11) is 0. The van der Waals surface area contributed by atoms with Gasteiger partial charge in [-0.3, -0.25) is 0 Å². The van der Waals surface area contributed by atoms with Gasteiger partial charge in [0.2, 0.25) is 0 Å². The first kappa shape index (κ1) is 14.9. The predicted molar refractivity (Wildman–Crippen MR) is 51.6 cm³/mol. The zero-order valence-electron chi connectivity index (χ0n) is 9.39. The Hall–Kier alpha value is 0.440. The molecule has 0 aromatic carbocycles. The summed E-state index contributed by atoms with van der Waals surface area (Å²) in [4.78, 5) is 0. The van der Waals surface area contributed by atoms with Crippen LogP contribution in [0.3, 0.4) is 0 Å². The van der Waals surface area contributed by atoms with E-state index in [0.717, 1.165) is 12.1 Å². The van der Waals surface area contributed by atoms with Crippen molar-refractivity contribution < 1.29 is 21.5 Å². The van der Waals surface area contributed by atoms with Crippen LogP contribution in [0.4, 0.5) is 0 Å². The van der Waals surface area contributed by atoms with E-state index >= 15 is 0 Å². The lowest BCUT2D eigenvalue weighted by atomic mass is 10.1. The third kappa shape index (κ3) is 2.74. The molecule has 0 saturated carbocycles. The maximum Gasteiger partial charge on any atom is 0.0835 e. The Morgan fingerprint density at radius 1 is 0.833 bits per heavy atom. The van der Waals surface area contributed by atoms with Crippen molar-refractivity contribution in [3.63, 3.8) is 0 Å². The molecule has 0 heterocycles. The molecule has 0 spiro atoms. The van der Waals surface area contributed by atoms with Crippen molar-refractivity contribution in [3.8, 4) is 0 Å². The minimum absolute atomic E-state index is 0. The minimum Gasteiger partial charge on any atom is -1.00 e. The summed E-state index contributed by atoms with van der Waals surface area (Å²) in [5, 5.41) is 0. The van der Waals surface area contributed by atoms with Gasteiger partial charge in [-0.1, -0.05) is 0 Å². The molecule has 0 amide bonds. The van der Waals surface area contributed by atoms with E-state index < -0.39 is 0 Å². The van der Waals surface area contributed by atoms with Crippen LogP contribution in [0.15, 0.2) is 0 Å². The van der Waals surface area contributed by atoms with E-state index in [1.807, 2.05) is 0 Å². The van der Waals surface area contributed by atoms with E-state index in [0.29, 0.717) is 0 Å². The summed E-state index contributed by atoms with van der Waals surface area (Å²) in [5.74, 6) is 0. The maximum absolute atomic E-state index is 2.33. The van der Waals surface area contributed by atoms with E-state index in [4.69, 9.17) is 0 Å². The van der Waals surface area contributed by atoms with Crippen molar-refractivity contribution in [1.82, 2.24) is 0 Å². The molecule has 0 fully saturated rings. The second-order valence-corrected chi connectivity index (χ2v) is 3.92. The normalized spacial score (nSPS) is 12.0. The number of hydrogen-bond acceptors (Lipinski definition) is 0. The average molecular weight is 238 g/mol. The molecule has 12 heavy (non-hydrogen) atoms. The molecule has 0 aromatic heterocycles. The van der Waals surface area contributed by atoms with Crippen LogP contribution >= 0.6 is 0 Å². The fraction of sp³-hybridized carbons (Fsp3) is 1.00. The third-order valence-corrected chi connectivity index (χ3v) is 3.23. The Balaban J connectivity index is 0. The van der Waals surface area contributed by atoms with E-state index in [1.165, 1.54) is 17.6 Å². The molecule has 0 aromatic rings. The highest BCUT2D eigenvalue weighted by Crippen LogP contribution is 2.17. The molecular weight excluding hydrogens is 214 g/mol. The summed E-state index contributed by atoms with van der Waals surface area (Å²) in [5.41, 5.74) is 0. The molecule has 76 valence electrons. The lowest BCUT2D eigenvalue weighted by Gasteiger charge is -2.44. The zero-order valence-corrected chi connectivity index (χ0v) is 11.0. The van der Waals surface area contributed by atoms with Gasteiger partial charge in [-0.15, -0.1) is 0 Å². The van der Waals surface area contributed by atoms with Gasteiger partial charge >= 0.3 is 0 Å². The van der Waals surface area contributed by atoms with Gasteiger partial charge in [0.15, 0.2) is 0 Å². The second kappa shape index (κ2) is 5.98. The molecule has 1 nitrogen and oxygen atoms in total. The fourth-order valence-corrected chi connectivity index (χ4v) is 2.28. The van der Waals surface area contributed by atoms with Crippen molar-refractivity contribution in [1.29, 1.82) is 0 Å². The van der Waals surface area contributed by atoms with E-state index in [2.05, 4.69) is 41.5 Å². The number of nitrogens with zero attached hydrogens (tertiary/aromatic N) is 1. The van der Waals surface area contributed by atoms with E-state index in [1.54, 1.807) is 0 Å². The highest BCUT2D eigenvalue weighted by molar-refractivity contribution is 4.50. The lowest BCUT2D eigenvalue weighted by Crippen LogP contribution is -3.00. The zero-order chi connectivity index (χ0) is 9.07. The van der Waals surface area contributed by atoms with Crippen molar-refractivity contribution in [2.24, 2.45) is 0 Å². The average Bonchev–Trinajstić information content (AvgIpc) is 1.90. The van der Waals surface area contributed by atoms with Crippen LogP contribution in [0.2, 0.25) is 0 Å². The highest BCUT2D eigenvalue weighted by Gasteiger charge is 2.30. The molecule has 0 unspecified atom stereocenters. The summed E-state index contributed by atoms with van der Waals surface area (Å²) in [6.45, 7) is 16.4. The molecule has 2 heteroatoms. The molecule has 0 N–H and O–H groups in total. The molecule has 0 rings (SSSR count). The van der Waals surface area contributed by atoms with Crippen molar-refractivity contribution in [2.75, 3.05) is 13.1 Å². The number of rotatable bonds is 4. The number of hydrogen-bond donors (Lipinski definition) is 0. The molecular formula is C10H24BrN. The van der Waals surface area contributed by atoms with Crippen LogP contribution in [0, 0.1) is 0 Å². The first-order valence-corrected chi connectivity index (χ1v) is 4.87. The predicted octanol–water partition coefficient (Wildman–Crippen LogP) is -0.336. The quantitative estimate of drug-likeness (QED) is 0.588. The van der Waals surface area contributed by atoms with Crippen LogP contribution in [0.5, 0.6) is 0 Å².